The first kappa shape index (κ1) is 27.3. The van der Waals surface area contributed by atoms with Gasteiger partial charge in [-0.25, -0.2) is 4.79 Å². The minimum Gasteiger partial charge on any atom is -0.444 e. The third-order valence-electron chi connectivity index (χ3n) is 7.16. The van der Waals surface area contributed by atoms with Crippen LogP contribution < -0.4 is 5.32 Å². The number of alkyl carbamates (subject to hydrolysis) is 1. The van der Waals surface area contributed by atoms with Crippen LogP contribution in [-0.4, -0.2) is 64.6 Å². The summed E-state index contributed by atoms with van der Waals surface area (Å²) in [4.78, 5) is 35.1. The van der Waals surface area contributed by atoms with Crippen LogP contribution >= 0.6 is 0 Å². The summed E-state index contributed by atoms with van der Waals surface area (Å²) >= 11 is 0. The quantitative estimate of drug-likeness (QED) is 0.343. The van der Waals surface area contributed by atoms with E-state index in [0.29, 0.717) is 31.7 Å². The van der Waals surface area contributed by atoms with Crippen LogP contribution in [-0.2, 0) is 4.74 Å². The van der Waals surface area contributed by atoms with Gasteiger partial charge in [-0.15, -0.1) is 0 Å². The van der Waals surface area contributed by atoms with Gasteiger partial charge in [0.25, 0.3) is 5.91 Å². The second-order valence-electron chi connectivity index (χ2n) is 11.2. The van der Waals surface area contributed by atoms with Crippen molar-refractivity contribution in [2.24, 2.45) is 0 Å². The highest BCUT2D eigenvalue weighted by atomic mass is 16.6. The second kappa shape index (κ2) is 11.9. The highest BCUT2D eigenvalue weighted by Gasteiger charge is 2.36. The van der Waals surface area contributed by atoms with Crippen LogP contribution in [0.5, 0.6) is 0 Å². The Hall–Kier alpha value is -4.23. The lowest BCUT2D eigenvalue weighted by molar-refractivity contribution is 0.0327. The predicted octanol–water partition coefficient (Wildman–Crippen LogP) is 5.68. The minimum atomic E-state index is -0.601. The van der Waals surface area contributed by atoms with E-state index in [1.54, 1.807) is 12.4 Å². The van der Waals surface area contributed by atoms with E-state index in [1.807, 2.05) is 86.3 Å². The van der Waals surface area contributed by atoms with Gasteiger partial charge in [-0.05, 0) is 37.3 Å². The van der Waals surface area contributed by atoms with Crippen LogP contribution in [0.4, 0.5) is 4.79 Å². The van der Waals surface area contributed by atoms with Crippen LogP contribution in [0.1, 0.15) is 48.3 Å². The summed E-state index contributed by atoms with van der Waals surface area (Å²) in [7, 11) is 0. The molecule has 1 N–H and O–H groups in total. The molecule has 3 aromatic carbocycles. The topological polar surface area (TPSA) is 74.8 Å². The van der Waals surface area contributed by atoms with Crippen molar-refractivity contribution in [3.05, 3.63) is 114 Å². The molecule has 1 atom stereocenters. The summed E-state index contributed by atoms with van der Waals surface area (Å²) < 4.78 is 5.53. The van der Waals surface area contributed by atoms with Gasteiger partial charge in [-0.1, -0.05) is 84.9 Å². The third kappa shape index (κ3) is 6.32. The minimum absolute atomic E-state index is 0.0377. The molecule has 0 spiro atoms. The van der Waals surface area contributed by atoms with Crippen molar-refractivity contribution in [2.45, 2.75) is 38.5 Å². The number of aromatic nitrogens is 1. The molecule has 0 aliphatic carbocycles. The first-order valence-corrected chi connectivity index (χ1v) is 13.7. The summed E-state index contributed by atoms with van der Waals surface area (Å²) in [5.74, 6) is -0.0535. The summed E-state index contributed by atoms with van der Waals surface area (Å²) in [6.45, 7) is 7.52. The number of amides is 2. The van der Waals surface area contributed by atoms with Crippen molar-refractivity contribution in [1.29, 1.82) is 0 Å². The molecule has 1 aromatic heterocycles. The number of nitrogens with zero attached hydrogens (tertiary/aromatic N) is 3. The molecule has 5 rings (SSSR count). The SMILES string of the molecule is CC(C)(C)OC(=O)NCC1CN(C(=O)c2cncc3ccccc23)CCN1C(c1ccccc1)c1ccccc1. The number of hydrogen-bond acceptors (Lipinski definition) is 5. The van der Waals surface area contributed by atoms with E-state index in [9.17, 15) is 9.59 Å². The molecule has 1 saturated heterocycles. The normalized spacial score (nSPS) is 16.2. The number of ether oxygens (including phenoxy) is 1. The Morgan fingerprint density at radius 2 is 1.52 bits per heavy atom. The van der Waals surface area contributed by atoms with Crippen LogP contribution in [0.2, 0.25) is 0 Å². The van der Waals surface area contributed by atoms with E-state index in [0.717, 1.165) is 21.9 Å². The summed E-state index contributed by atoms with van der Waals surface area (Å²) in [6, 6.07) is 28.4. The summed E-state index contributed by atoms with van der Waals surface area (Å²) in [5.41, 5.74) is 2.31. The molecule has 7 heteroatoms. The lowest BCUT2D eigenvalue weighted by Crippen LogP contribution is -2.59. The van der Waals surface area contributed by atoms with Crippen molar-refractivity contribution >= 4 is 22.8 Å². The molecule has 1 aliphatic rings. The summed E-state index contributed by atoms with van der Waals surface area (Å²) in [6.07, 6.45) is 2.97. The molecule has 206 valence electrons. The molecular formula is C33H36N4O3. The van der Waals surface area contributed by atoms with Crippen LogP contribution in [0, 0.1) is 0 Å². The molecule has 1 unspecified atom stereocenters. The largest absolute Gasteiger partial charge is 0.444 e. The standard InChI is InChI=1S/C33H36N4O3/c1-33(2,3)40-32(39)35-21-27-23-36(31(38)29-22-34-20-26-16-10-11-17-28(26)29)18-19-37(27)30(24-12-6-4-7-13-24)25-14-8-5-9-15-25/h4-17,20,22,27,30H,18-19,21,23H2,1-3H3,(H,35,39). The second-order valence-corrected chi connectivity index (χ2v) is 11.2. The number of pyridine rings is 1. The molecule has 40 heavy (non-hydrogen) atoms. The van der Waals surface area contributed by atoms with E-state index in [4.69, 9.17) is 4.74 Å². The van der Waals surface area contributed by atoms with Gasteiger partial charge in [0.2, 0.25) is 0 Å². The van der Waals surface area contributed by atoms with Gasteiger partial charge in [0, 0.05) is 50.0 Å². The molecular weight excluding hydrogens is 500 g/mol. The molecule has 2 heterocycles. The molecule has 1 aliphatic heterocycles. The molecule has 4 aromatic rings. The number of benzene rings is 3. The zero-order valence-electron chi connectivity index (χ0n) is 23.3. The van der Waals surface area contributed by atoms with Gasteiger partial charge in [0.05, 0.1) is 11.6 Å². The van der Waals surface area contributed by atoms with Gasteiger partial charge in [-0.2, -0.15) is 0 Å². The number of piperazine rings is 1. The van der Waals surface area contributed by atoms with Crippen LogP contribution in [0.3, 0.4) is 0 Å². The Kier molecular flexibility index (Phi) is 8.12. The van der Waals surface area contributed by atoms with Crippen LogP contribution in [0.15, 0.2) is 97.3 Å². The maximum absolute atomic E-state index is 13.9. The van der Waals surface area contributed by atoms with Crippen molar-refractivity contribution in [2.75, 3.05) is 26.2 Å². The number of carbonyl (C=O) groups is 2. The number of carbonyl (C=O) groups excluding carboxylic acids is 2. The fourth-order valence-electron chi connectivity index (χ4n) is 5.39. The number of hydrogen-bond donors (Lipinski definition) is 1. The van der Waals surface area contributed by atoms with Gasteiger partial charge < -0.3 is 15.0 Å². The zero-order valence-corrected chi connectivity index (χ0v) is 23.3. The Balaban J connectivity index is 1.46. The lowest BCUT2D eigenvalue weighted by Gasteiger charge is -2.45. The van der Waals surface area contributed by atoms with Crippen molar-refractivity contribution in [3.63, 3.8) is 0 Å². The fourth-order valence-corrected chi connectivity index (χ4v) is 5.39. The van der Waals surface area contributed by atoms with E-state index < -0.39 is 11.7 Å². The Labute approximate surface area is 235 Å². The Bertz CT molecular complexity index is 1410. The number of fused-ring (bicyclic) bond motifs is 1. The highest BCUT2D eigenvalue weighted by molar-refractivity contribution is 6.06. The van der Waals surface area contributed by atoms with Gasteiger partial charge in [0.1, 0.15) is 5.60 Å². The number of rotatable bonds is 6. The molecule has 7 nitrogen and oxygen atoms in total. The Morgan fingerprint density at radius 3 is 2.17 bits per heavy atom. The average Bonchev–Trinajstić information content (AvgIpc) is 2.96. The number of nitrogens with one attached hydrogen (secondary N) is 1. The highest BCUT2D eigenvalue weighted by Crippen LogP contribution is 2.32. The maximum Gasteiger partial charge on any atom is 0.407 e. The molecule has 0 radical (unpaired) electrons. The van der Waals surface area contributed by atoms with Crippen molar-refractivity contribution in [1.82, 2.24) is 20.1 Å². The first-order chi connectivity index (χ1) is 19.3. The molecule has 0 bridgehead atoms. The lowest BCUT2D eigenvalue weighted by atomic mass is 9.94. The monoisotopic (exact) mass is 536 g/mol. The van der Waals surface area contributed by atoms with E-state index in [-0.39, 0.29) is 18.0 Å². The van der Waals surface area contributed by atoms with Gasteiger partial charge in [-0.3, -0.25) is 14.7 Å². The van der Waals surface area contributed by atoms with E-state index >= 15 is 0 Å². The molecule has 2 amide bonds. The smallest absolute Gasteiger partial charge is 0.407 e. The molecule has 0 saturated carbocycles. The Morgan fingerprint density at radius 1 is 0.900 bits per heavy atom. The zero-order chi connectivity index (χ0) is 28.1. The van der Waals surface area contributed by atoms with E-state index in [1.165, 1.54) is 0 Å². The first-order valence-electron chi connectivity index (χ1n) is 13.7. The van der Waals surface area contributed by atoms with Crippen molar-refractivity contribution < 1.29 is 14.3 Å². The summed E-state index contributed by atoms with van der Waals surface area (Å²) in [5, 5.41) is 4.79. The van der Waals surface area contributed by atoms with E-state index in [2.05, 4.69) is 39.5 Å². The van der Waals surface area contributed by atoms with Gasteiger partial charge >= 0.3 is 6.09 Å². The van der Waals surface area contributed by atoms with Crippen molar-refractivity contribution in [3.8, 4) is 0 Å². The average molecular weight is 537 g/mol. The van der Waals surface area contributed by atoms with Gasteiger partial charge in [0.15, 0.2) is 0 Å². The predicted molar refractivity (Wildman–Crippen MR) is 157 cm³/mol. The molecule has 1 fully saturated rings. The van der Waals surface area contributed by atoms with Crippen LogP contribution in [0.25, 0.3) is 10.8 Å². The fraction of sp³-hybridized carbons (Fsp3) is 0.303. The third-order valence-corrected chi connectivity index (χ3v) is 7.16. The maximum atomic E-state index is 13.9.